The van der Waals surface area contributed by atoms with E-state index in [0.717, 1.165) is 0 Å². The number of ketones is 1. The molecule has 56 valence electrons. The number of rotatable bonds is 1. The average molecular weight is 140 g/mol. The van der Waals surface area contributed by atoms with E-state index in [-0.39, 0.29) is 5.78 Å². The van der Waals surface area contributed by atoms with E-state index in [2.05, 4.69) is 4.99 Å². The van der Waals surface area contributed by atoms with Crippen molar-refractivity contribution in [3.63, 3.8) is 0 Å². The van der Waals surface area contributed by atoms with Crippen molar-refractivity contribution >= 4 is 12.1 Å². The normalized spacial score (nSPS) is 18.7. The van der Waals surface area contributed by atoms with Gasteiger partial charge in [-0.25, -0.2) is 0 Å². The lowest BCUT2D eigenvalue weighted by Crippen LogP contribution is -2.38. The predicted molar refractivity (Wildman–Crippen MR) is 40.2 cm³/mol. The van der Waals surface area contributed by atoms with Crippen LogP contribution in [-0.2, 0) is 4.79 Å². The largest absolute Gasteiger partial charge is 0.353 e. The molecule has 1 aliphatic rings. The third-order valence-corrected chi connectivity index (χ3v) is 1.52. The van der Waals surface area contributed by atoms with Crippen molar-refractivity contribution in [1.82, 2.24) is 4.90 Å². The molecule has 0 saturated carbocycles. The number of carbonyl (C=O) groups is 1. The Balaban J connectivity index is 2.55. The van der Waals surface area contributed by atoms with Crippen molar-refractivity contribution in [3.05, 3.63) is 0 Å². The van der Waals surface area contributed by atoms with Gasteiger partial charge in [0.15, 0.2) is 5.78 Å². The van der Waals surface area contributed by atoms with Crippen molar-refractivity contribution in [2.75, 3.05) is 13.1 Å². The van der Waals surface area contributed by atoms with E-state index in [4.69, 9.17) is 0 Å². The quantitative estimate of drug-likeness (QED) is 0.525. The molecule has 0 bridgehead atoms. The number of carbonyl (C=O) groups excluding carboxylic acids is 1. The van der Waals surface area contributed by atoms with Gasteiger partial charge in [-0.15, -0.1) is 0 Å². The van der Waals surface area contributed by atoms with Gasteiger partial charge in [-0.3, -0.25) is 9.79 Å². The van der Waals surface area contributed by atoms with Crippen molar-refractivity contribution in [2.24, 2.45) is 4.99 Å². The van der Waals surface area contributed by atoms with Gasteiger partial charge < -0.3 is 4.90 Å². The van der Waals surface area contributed by atoms with E-state index < -0.39 is 0 Å². The molecule has 1 aliphatic heterocycles. The third-order valence-electron chi connectivity index (χ3n) is 1.52. The zero-order valence-corrected chi connectivity index (χ0v) is 6.37. The molecule has 0 radical (unpaired) electrons. The summed E-state index contributed by atoms with van der Waals surface area (Å²) in [6, 6.07) is 0.382. The fraction of sp³-hybridized carbons (Fsp3) is 0.714. The van der Waals surface area contributed by atoms with Crippen LogP contribution in [-0.4, -0.2) is 36.2 Å². The molecule has 0 N–H and O–H groups in total. The third kappa shape index (κ3) is 1.56. The number of hydrogen-bond acceptors (Lipinski definition) is 3. The van der Waals surface area contributed by atoms with Crippen molar-refractivity contribution < 1.29 is 4.79 Å². The molecule has 0 aromatic rings. The van der Waals surface area contributed by atoms with Crippen molar-refractivity contribution in [2.45, 2.75) is 19.9 Å². The zero-order valence-electron chi connectivity index (χ0n) is 6.37. The Kier molecular flexibility index (Phi) is 2.04. The van der Waals surface area contributed by atoms with Crippen LogP contribution in [0.5, 0.6) is 0 Å². The Morgan fingerprint density at radius 2 is 2.40 bits per heavy atom. The minimum absolute atomic E-state index is 0.205. The van der Waals surface area contributed by atoms with Crippen molar-refractivity contribution in [3.8, 4) is 0 Å². The van der Waals surface area contributed by atoms with Gasteiger partial charge >= 0.3 is 0 Å². The summed E-state index contributed by atoms with van der Waals surface area (Å²) in [5.41, 5.74) is 0. The molecule has 0 fully saturated rings. The lowest BCUT2D eigenvalue weighted by atomic mass is 10.3. The minimum atomic E-state index is 0.205. The van der Waals surface area contributed by atoms with Gasteiger partial charge in [0.2, 0.25) is 0 Å². The monoisotopic (exact) mass is 140 g/mol. The fourth-order valence-corrected chi connectivity index (χ4v) is 0.858. The number of Topliss-reactive ketones (excluding diaryl/α,β-unsaturated/α-hetero) is 1. The van der Waals surface area contributed by atoms with Gasteiger partial charge in [0.05, 0.1) is 12.9 Å². The molecule has 3 nitrogen and oxygen atoms in total. The van der Waals surface area contributed by atoms with Gasteiger partial charge in [-0.1, -0.05) is 0 Å². The summed E-state index contributed by atoms with van der Waals surface area (Å²) in [5, 5.41) is 0. The molecular formula is C7H12N2O. The van der Waals surface area contributed by atoms with Crippen molar-refractivity contribution in [1.29, 1.82) is 0 Å². The van der Waals surface area contributed by atoms with E-state index in [0.29, 0.717) is 19.1 Å². The van der Waals surface area contributed by atoms with E-state index in [1.807, 2.05) is 18.7 Å². The molecule has 0 amide bonds. The Labute approximate surface area is 60.7 Å². The number of aliphatic imine (C=N–C) groups is 1. The van der Waals surface area contributed by atoms with Gasteiger partial charge in [0, 0.05) is 6.04 Å². The number of hydrogen-bond donors (Lipinski definition) is 0. The molecule has 0 aromatic carbocycles. The van der Waals surface area contributed by atoms with Crippen LogP contribution in [0.3, 0.4) is 0 Å². The molecule has 10 heavy (non-hydrogen) atoms. The molecule has 1 rings (SSSR count). The van der Waals surface area contributed by atoms with Gasteiger partial charge in [-0.05, 0) is 13.8 Å². The van der Waals surface area contributed by atoms with E-state index in [9.17, 15) is 4.79 Å². The van der Waals surface area contributed by atoms with E-state index in [1.54, 1.807) is 6.34 Å². The summed E-state index contributed by atoms with van der Waals surface area (Å²) in [5.74, 6) is 0.205. The first-order valence-corrected chi connectivity index (χ1v) is 3.47. The summed E-state index contributed by atoms with van der Waals surface area (Å²) < 4.78 is 0. The number of nitrogens with zero attached hydrogens (tertiary/aromatic N) is 2. The lowest BCUT2D eigenvalue weighted by Gasteiger charge is -2.25. The molecule has 0 unspecified atom stereocenters. The highest BCUT2D eigenvalue weighted by atomic mass is 16.1. The van der Waals surface area contributed by atoms with Gasteiger partial charge in [0.1, 0.15) is 6.54 Å². The molecule has 1 heterocycles. The summed E-state index contributed by atoms with van der Waals surface area (Å²) in [6.45, 7) is 4.99. The zero-order chi connectivity index (χ0) is 7.56. The minimum Gasteiger partial charge on any atom is -0.353 e. The predicted octanol–water partition coefficient (Wildman–Crippen LogP) is 0.308. The SMILES string of the molecule is CC(C)N1C=NCC(=O)C1. The average Bonchev–Trinajstić information content (AvgIpc) is 1.88. The standard InChI is InChI=1S/C7H12N2O/c1-6(2)9-4-7(10)3-8-5-9/h5-6H,3-4H2,1-2H3. The van der Waals surface area contributed by atoms with Crippen LogP contribution in [0, 0.1) is 0 Å². The maximum Gasteiger partial charge on any atom is 0.173 e. The van der Waals surface area contributed by atoms with Crippen LogP contribution in [0.15, 0.2) is 4.99 Å². The Hall–Kier alpha value is -0.860. The van der Waals surface area contributed by atoms with Crippen LogP contribution < -0.4 is 0 Å². The summed E-state index contributed by atoms with van der Waals surface area (Å²) in [7, 11) is 0. The van der Waals surface area contributed by atoms with E-state index in [1.165, 1.54) is 0 Å². The maximum absolute atomic E-state index is 10.8. The van der Waals surface area contributed by atoms with Crippen LogP contribution in [0.1, 0.15) is 13.8 Å². The summed E-state index contributed by atoms with van der Waals surface area (Å²) in [4.78, 5) is 16.7. The Bertz CT molecular complexity index is 163. The molecule has 0 aliphatic carbocycles. The molecule has 0 aromatic heterocycles. The van der Waals surface area contributed by atoms with Gasteiger partial charge in [0.25, 0.3) is 0 Å². The van der Waals surface area contributed by atoms with Crippen LogP contribution in [0.2, 0.25) is 0 Å². The maximum atomic E-state index is 10.8. The highest BCUT2D eigenvalue weighted by Gasteiger charge is 2.13. The lowest BCUT2D eigenvalue weighted by molar-refractivity contribution is -0.118. The second kappa shape index (κ2) is 2.82. The molecule has 0 spiro atoms. The first-order valence-electron chi connectivity index (χ1n) is 3.47. The summed E-state index contributed by atoms with van der Waals surface area (Å²) in [6.07, 6.45) is 1.76. The van der Waals surface area contributed by atoms with Crippen LogP contribution >= 0.6 is 0 Å². The highest BCUT2D eigenvalue weighted by Crippen LogP contribution is 1.98. The molecular weight excluding hydrogens is 128 g/mol. The van der Waals surface area contributed by atoms with Crippen LogP contribution in [0.4, 0.5) is 0 Å². The topological polar surface area (TPSA) is 32.7 Å². The molecule has 0 atom stereocenters. The summed E-state index contributed by atoms with van der Waals surface area (Å²) >= 11 is 0. The van der Waals surface area contributed by atoms with Gasteiger partial charge in [-0.2, -0.15) is 0 Å². The molecule has 0 saturated heterocycles. The highest BCUT2D eigenvalue weighted by molar-refractivity contribution is 5.87. The van der Waals surface area contributed by atoms with E-state index >= 15 is 0 Å². The van der Waals surface area contributed by atoms with Crippen LogP contribution in [0.25, 0.3) is 0 Å². The second-order valence-corrected chi connectivity index (χ2v) is 2.76. The first-order chi connectivity index (χ1) is 4.70. The fourth-order valence-electron chi connectivity index (χ4n) is 0.858. The first kappa shape index (κ1) is 7.25. The molecule has 3 heteroatoms. The Morgan fingerprint density at radius 1 is 1.70 bits per heavy atom. The Morgan fingerprint density at radius 3 is 2.80 bits per heavy atom. The second-order valence-electron chi connectivity index (χ2n) is 2.76. The smallest absolute Gasteiger partial charge is 0.173 e.